The van der Waals surface area contributed by atoms with Crippen molar-refractivity contribution in [2.45, 2.75) is 57.8 Å². The zero-order valence-electron chi connectivity index (χ0n) is 15.6. The summed E-state index contributed by atoms with van der Waals surface area (Å²) in [7, 11) is 0. The molecule has 0 radical (unpaired) electrons. The molecule has 0 N–H and O–H groups in total. The van der Waals surface area contributed by atoms with E-state index in [9.17, 15) is 0 Å². The summed E-state index contributed by atoms with van der Waals surface area (Å²) in [6, 6.07) is 20.5. The Kier molecular flexibility index (Phi) is 7.91. The lowest BCUT2D eigenvalue weighted by Crippen LogP contribution is -2.23. The second kappa shape index (κ2) is 9.93. The topological polar surface area (TPSA) is 0 Å². The molecule has 0 spiro atoms. The molecule has 0 saturated carbocycles. The molecular formula is C23H32S. The second-order valence-corrected chi connectivity index (χ2v) is 7.93. The van der Waals surface area contributed by atoms with Crippen molar-refractivity contribution < 1.29 is 0 Å². The van der Waals surface area contributed by atoms with Gasteiger partial charge in [-0.05, 0) is 48.0 Å². The first-order valence-electron chi connectivity index (χ1n) is 9.34. The van der Waals surface area contributed by atoms with Crippen molar-refractivity contribution in [1.29, 1.82) is 0 Å². The first-order valence-corrected chi connectivity index (χ1v) is 10.7. The summed E-state index contributed by atoms with van der Waals surface area (Å²) in [6.07, 6.45) is 9.75. The van der Waals surface area contributed by atoms with Crippen molar-refractivity contribution in [3.63, 3.8) is 0 Å². The zero-order valence-corrected chi connectivity index (χ0v) is 16.4. The van der Waals surface area contributed by atoms with E-state index in [1.54, 1.807) is 0 Å². The van der Waals surface area contributed by atoms with E-state index in [0.29, 0.717) is 0 Å². The second-order valence-electron chi connectivity index (χ2n) is 6.95. The Bertz CT molecular complexity index is 573. The fourth-order valence-corrected chi connectivity index (χ4v) is 3.88. The quantitative estimate of drug-likeness (QED) is 0.425. The van der Waals surface area contributed by atoms with Gasteiger partial charge in [-0.2, -0.15) is 11.8 Å². The number of unbranched alkanes of at least 4 members (excludes halogenated alkanes) is 2. The molecule has 24 heavy (non-hydrogen) atoms. The van der Waals surface area contributed by atoms with Crippen molar-refractivity contribution in [3.05, 3.63) is 71.3 Å². The minimum Gasteiger partial charge on any atom is -0.165 e. The molecule has 0 bridgehead atoms. The van der Waals surface area contributed by atoms with Gasteiger partial charge in [-0.15, -0.1) is 0 Å². The third kappa shape index (κ3) is 5.14. The van der Waals surface area contributed by atoms with Crippen molar-refractivity contribution in [2.24, 2.45) is 0 Å². The van der Waals surface area contributed by atoms with Crippen molar-refractivity contribution in [3.8, 4) is 0 Å². The van der Waals surface area contributed by atoms with Crippen LogP contribution in [0.5, 0.6) is 0 Å². The normalized spacial score (nSPS) is 13.6. The highest BCUT2D eigenvalue weighted by molar-refractivity contribution is 7.98. The monoisotopic (exact) mass is 340 g/mol. The van der Waals surface area contributed by atoms with Gasteiger partial charge >= 0.3 is 0 Å². The molecule has 2 aromatic carbocycles. The van der Waals surface area contributed by atoms with Crippen LogP contribution in [0.15, 0.2) is 54.6 Å². The molecule has 130 valence electrons. The molecule has 1 heteroatoms. The van der Waals surface area contributed by atoms with Crippen LogP contribution in [-0.4, -0.2) is 12.0 Å². The van der Waals surface area contributed by atoms with Crippen LogP contribution in [-0.2, 0) is 11.8 Å². The maximum atomic E-state index is 2.42. The van der Waals surface area contributed by atoms with E-state index in [2.05, 4.69) is 74.7 Å². The summed E-state index contributed by atoms with van der Waals surface area (Å²) in [5, 5.41) is 0. The standard InChI is InChI=1S/C23H32S/c1-4-5-9-18-23(2,21-12-7-6-8-13-21)22-16-14-20(15-17-22)11-10-19-24-3/h6-8,12-17H,4-5,9-11,18-19H2,1-3H3. The number of hydrogen-bond acceptors (Lipinski definition) is 1. The molecule has 0 amide bonds. The molecule has 2 aromatic rings. The van der Waals surface area contributed by atoms with Gasteiger partial charge in [0, 0.05) is 5.41 Å². The lowest BCUT2D eigenvalue weighted by Gasteiger charge is -2.31. The Morgan fingerprint density at radius 1 is 0.833 bits per heavy atom. The number of hydrogen-bond donors (Lipinski definition) is 0. The first-order chi connectivity index (χ1) is 11.7. The van der Waals surface area contributed by atoms with Gasteiger partial charge in [-0.25, -0.2) is 0 Å². The Hall–Kier alpha value is -1.21. The van der Waals surface area contributed by atoms with Gasteiger partial charge in [0.05, 0.1) is 0 Å². The molecule has 2 rings (SSSR count). The summed E-state index contributed by atoms with van der Waals surface area (Å²) < 4.78 is 0. The summed E-state index contributed by atoms with van der Waals surface area (Å²) in [6.45, 7) is 4.70. The van der Waals surface area contributed by atoms with Gasteiger partial charge in [0.25, 0.3) is 0 Å². The van der Waals surface area contributed by atoms with E-state index in [4.69, 9.17) is 0 Å². The third-order valence-electron chi connectivity index (χ3n) is 5.10. The van der Waals surface area contributed by atoms with Crippen LogP contribution in [0.2, 0.25) is 0 Å². The average molecular weight is 341 g/mol. The molecule has 0 aromatic heterocycles. The molecule has 0 aliphatic rings. The van der Waals surface area contributed by atoms with Crippen molar-refractivity contribution >= 4 is 11.8 Å². The fraction of sp³-hybridized carbons (Fsp3) is 0.478. The van der Waals surface area contributed by atoms with Crippen LogP contribution in [0.3, 0.4) is 0 Å². The van der Waals surface area contributed by atoms with E-state index < -0.39 is 0 Å². The van der Waals surface area contributed by atoms with Crippen LogP contribution < -0.4 is 0 Å². The van der Waals surface area contributed by atoms with Gasteiger partial charge in [0.15, 0.2) is 0 Å². The highest BCUT2D eigenvalue weighted by Crippen LogP contribution is 2.37. The number of benzene rings is 2. The van der Waals surface area contributed by atoms with Gasteiger partial charge in [0.1, 0.15) is 0 Å². The summed E-state index contributed by atoms with van der Waals surface area (Å²) in [4.78, 5) is 0. The molecule has 0 aliphatic heterocycles. The Balaban J connectivity index is 2.20. The predicted octanol–water partition coefficient (Wildman–Crippen LogP) is 6.87. The molecule has 0 heterocycles. The number of rotatable bonds is 10. The van der Waals surface area contributed by atoms with E-state index >= 15 is 0 Å². The van der Waals surface area contributed by atoms with Crippen LogP contribution in [0.4, 0.5) is 0 Å². The van der Waals surface area contributed by atoms with Crippen LogP contribution in [0, 0.1) is 0 Å². The smallest absolute Gasteiger partial charge is 0.0174 e. The van der Waals surface area contributed by atoms with Gasteiger partial charge < -0.3 is 0 Å². The van der Waals surface area contributed by atoms with Crippen molar-refractivity contribution in [1.82, 2.24) is 0 Å². The minimum absolute atomic E-state index is 0.119. The Morgan fingerprint density at radius 2 is 1.50 bits per heavy atom. The predicted molar refractivity (Wildman–Crippen MR) is 110 cm³/mol. The first kappa shape index (κ1) is 19.1. The number of aryl methyl sites for hydroxylation is 1. The summed E-state index contributed by atoms with van der Waals surface area (Å²) in [5.41, 5.74) is 4.49. The molecule has 1 unspecified atom stereocenters. The van der Waals surface area contributed by atoms with Gasteiger partial charge in [0.2, 0.25) is 0 Å². The molecule has 0 saturated heterocycles. The highest BCUT2D eigenvalue weighted by Gasteiger charge is 2.28. The minimum atomic E-state index is 0.119. The molecule has 0 aliphatic carbocycles. The number of thioether (sulfide) groups is 1. The highest BCUT2D eigenvalue weighted by atomic mass is 32.2. The van der Waals surface area contributed by atoms with Gasteiger partial charge in [-0.1, -0.05) is 87.7 Å². The maximum Gasteiger partial charge on any atom is 0.0174 e. The molecule has 1 atom stereocenters. The molecule has 0 nitrogen and oxygen atoms in total. The zero-order chi connectivity index (χ0) is 17.3. The maximum absolute atomic E-state index is 2.42. The van der Waals surface area contributed by atoms with E-state index in [0.717, 1.165) is 0 Å². The van der Waals surface area contributed by atoms with E-state index in [1.165, 1.54) is 61.0 Å². The SMILES string of the molecule is CCCCCC(C)(c1ccccc1)c1ccc(CCCSC)cc1. The summed E-state index contributed by atoms with van der Waals surface area (Å²) >= 11 is 1.94. The Morgan fingerprint density at radius 3 is 2.12 bits per heavy atom. The van der Waals surface area contributed by atoms with Crippen LogP contribution in [0.25, 0.3) is 0 Å². The van der Waals surface area contributed by atoms with Crippen LogP contribution >= 0.6 is 11.8 Å². The lowest BCUT2D eigenvalue weighted by molar-refractivity contribution is 0.483. The largest absolute Gasteiger partial charge is 0.165 e. The average Bonchev–Trinajstić information content (AvgIpc) is 2.63. The lowest BCUT2D eigenvalue weighted by atomic mass is 9.72. The fourth-order valence-electron chi connectivity index (χ4n) is 3.45. The van der Waals surface area contributed by atoms with Crippen molar-refractivity contribution in [2.75, 3.05) is 12.0 Å². The van der Waals surface area contributed by atoms with E-state index in [1.807, 2.05) is 11.8 Å². The summed E-state index contributed by atoms with van der Waals surface area (Å²) in [5.74, 6) is 1.25. The molecule has 0 fully saturated rings. The van der Waals surface area contributed by atoms with Crippen LogP contribution in [0.1, 0.15) is 62.6 Å². The Labute approximate surface area is 153 Å². The molecular weight excluding hydrogens is 308 g/mol. The third-order valence-corrected chi connectivity index (χ3v) is 5.79. The van der Waals surface area contributed by atoms with Gasteiger partial charge in [-0.3, -0.25) is 0 Å². The van der Waals surface area contributed by atoms with E-state index in [-0.39, 0.29) is 5.41 Å².